The Balaban J connectivity index is 2.39. The van der Waals surface area contributed by atoms with Crippen LogP contribution in [0.1, 0.15) is 33.6 Å². The standard InChI is InChI=1S/C14H31N3/c1-6-17(13(3)10-16(4)5)11-14-7-8-15-12(2)9-14/h12-15H,6-11H2,1-5H3. The summed E-state index contributed by atoms with van der Waals surface area (Å²) in [5.41, 5.74) is 0. The molecule has 3 unspecified atom stereocenters. The summed E-state index contributed by atoms with van der Waals surface area (Å²) in [5, 5.41) is 3.54. The van der Waals surface area contributed by atoms with E-state index in [4.69, 9.17) is 0 Å². The number of nitrogens with one attached hydrogen (secondary N) is 1. The van der Waals surface area contributed by atoms with Gasteiger partial charge in [0.25, 0.3) is 0 Å². The average molecular weight is 241 g/mol. The SMILES string of the molecule is CCN(CC1CCNC(C)C1)C(C)CN(C)C. The van der Waals surface area contributed by atoms with Gasteiger partial charge in [0, 0.05) is 25.2 Å². The van der Waals surface area contributed by atoms with Gasteiger partial charge in [-0.1, -0.05) is 6.92 Å². The van der Waals surface area contributed by atoms with Gasteiger partial charge < -0.3 is 10.2 Å². The highest BCUT2D eigenvalue weighted by Crippen LogP contribution is 2.18. The molecule has 0 bridgehead atoms. The van der Waals surface area contributed by atoms with Gasteiger partial charge in [-0.3, -0.25) is 4.90 Å². The molecule has 1 saturated heterocycles. The van der Waals surface area contributed by atoms with Gasteiger partial charge in [0.2, 0.25) is 0 Å². The van der Waals surface area contributed by atoms with Gasteiger partial charge in [-0.15, -0.1) is 0 Å². The molecular weight excluding hydrogens is 210 g/mol. The Hall–Kier alpha value is -0.120. The summed E-state index contributed by atoms with van der Waals surface area (Å²) in [7, 11) is 4.33. The van der Waals surface area contributed by atoms with Crippen molar-refractivity contribution in [2.45, 2.75) is 45.7 Å². The van der Waals surface area contributed by atoms with Crippen LogP contribution >= 0.6 is 0 Å². The van der Waals surface area contributed by atoms with Crippen LogP contribution in [0.25, 0.3) is 0 Å². The third-order valence-corrected chi connectivity index (χ3v) is 3.88. The van der Waals surface area contributed by atoms with E-state index >= 15 is 0 Å². The molecule has 0 spiro atoms. The molecule has 0 aromatic rings. The first-order valence-electron chi connectivity index (χ1n) is 7.15. The molecule has 0 aromatic heterocycles. The fraction of sp³-hybridized carbons (Fsp3) is 1.00. The number of rotatable bonds is 6. The zero-order chi connectivity index (χ0) is 12.8. The molecule has 1 heterocycles. The second-order valence-corrected chi connectivity index (χ2v) is 5.94. The average Bonchev–Trinajstić information content (AvgIpc) is 2.24. The van der Waals surface area contributed by atoms with E-state index in [2.05, 4.69) is 50.0 Å². The molecule has 0 aromatic carbocycles. The topological polar surface area (TPSA) is 18.5 Å². The molecule has 1 N–H and O–H groups in total. The molecule has 3 nitrogen and oxygen atoms in total. The molecule has 3 atom stereocenters. The van der Waals surface area contributed by atoms with Gasteiger partial charge in [0.1, 0.15) is 0 Å². The van der Waals surface area contributed by atoms with Crippen molar-refractivity contribution in [3.63, 3.8) is 0 Å². The Bertz CT molecular complexity index is 206. The van der Waals surface area contributed by atoms with Crippen LogP contribution in [0, 0.1) is 5.92 Å². The number of hydrogen-bond donors (Lipinski definition) is 1. The van der Waals surface area contributed by atoms with Gasteiger partial charge >= 0.3 is 0 Å². The van der Waals surface area contributed by atoms with E-state index in [0.29, 0.717) is 12.1 Å². The molecular formula is C14H31N3. The highest BCUT2D eigenvalue weighted by Gasteiger charge is 2.22. The van der Waals surface area contributed by atoms with E-state index in [9.17, 15) is 0 Å². The maximum Gasteiger partial charge on any atom is 0.0194 e. The monoisotopic (exact) mass is 241 g/mol. The lowest BCUT2D eigenvalue weighted by Gasteiger charge is -2.36. The molecule has 1 aliphatic heterocycles. The van der Waals surface area contributed by atoms with E-state index in [1.165, 1.54) is 32.5 Å². The van der Waals surface area contributed by atoms with Gasteiger partial charge in [-0.05, 0) is 59.8 Å². The van der Waals surface area contributed by atoms with Crippen molar-refractivity contribution in [3.8, 4) is 0 Å². The molecule has 3 heteroatoms. The van der Waals surface area contributed by atoms with Gasteiger partial charge in [0.15, 0.2) is 0 Å². The van der Waals surface area contributed by atoms with Crippen LogP contribution in [0.5, 0.6) is 0 Å². The summed E-state index contributed by atoms with van der Waals surface area (Å²) in [6.45, 7) is 11.8. The van der Waals surface area contributed by atoms with E-state index < -0.39 is 0 Å². The lowest BCUT2D eigenvalue weighted by molar-refractivity contribution is 0.138. The maximum absolute atomic E-state index is 3.54. The largest absolute Gasteiger partial charge is 0.314 e. The van der Waals surface area contributed by atoms with Crippen LogP contribution in [0.3, 0.4) is 0 Å². The number of nitrogens with zero attached hydrogens (tertiary/aromatic N) is 2. The van der Waals surface area contributed by atoms with Gasteiger partial charge in [0.05, 0.1) is 0 Å². The molecule has 0 radical (unpaired) electrons. The van der Waals surface area contributed by atoms with Crippen LogP contribution in [-0.4, -0.2) is 62.2 Å². The van der Waals surface area contributed by atoms with Crippen molar-refractivity contribution >= 4 is 0 Å². The zero-order valence-electron chi connectivity index (χ0n) is 12.4. The highest BCUT2D eigenvalue weighted by molar-refractivity contribution is 4.79. The molecule has 1 rings (SSSR count). The first-order chi connectivity index (χ1) is 8.02. The summed E-state index contributed by atoms with van der Waals surface area (Å²) in [5.74, 6) is 0.885. The lowest BCUT2D eigenvalue weighted by atomic mass is 9.92. The fourth-order valence-electron chi connectivity index (χ4n) is 3.00. The molecule has 102 valence electrons. The van der Waals surface area contributed by atoms with Crippen molar-refractivity contribution in [1.29, 1.82) is 0 Å². The fourth-order valence-corrected chi connectivity index (χ4v) is 3.00. The summed E-state index contributed by atoms with van der Waals surface area (Å²) in [6, 6.07) is 1.37. The summed E-state index contributed by atoms with van der Waals surface area (Å²) >= 11 is 0. The third-order valence-electron chi connectivity index (χ3n) is 3.88. The van der Waals surface area contributed by atoms with E-state index in [1.807, 2.05) is 0 Å². The molecule has 0 amide bonds. The van der Waals surface area contributed by atoms with Crippen LogP contribution in [0.15, 0.2) is 0 Å². The van der Waals surface area contributed by atoms with Gasteiger partial charge in [-0.2, -0.15) is 0 Å². The van der Waals surface area contributed by atoms with Crippen LogP contribution < -0.4 is 5.32 Å². The van der Waals surface area contributed by atoms with Crippen molar-refractivity contribution in [1.82, 2.24) is 15.1 Å². The Morgan fingerprint density at radius 1 is 1.35 bits per heavy atom. The molecule has 0 aliphatic carbocycles. The van der Waals surface area contributed by atoms with Crippen molar-refractivity contribution < 1.29 is 0 Å². The smallest absolute Gasteiger partial charge is 0.0194 e. The van der Waals surface area contributed by atoms with Crippen LogP contribution in [0.4, 0.5) is 0 Å². The summed E-state index contributed by atoms with van der Waals surface area (Å²) < 4.78 is 0. The Morgan fingerprint density at radius 2 is 2.06 bits per heavy atom. The minimum atomic E-state index is 0.667. The molecule has 1 fully saturated rings. The highest BCUT2D eigenvalue weighted by atomic mass is 15.2. The van der Waals surface area contributed by atoms with E-state index in [-0.39, 0.29) is 0 Å². The molecule has 0 saturated carbocycles. The van der Waals surface area contributed by atoms with E-state index in [0.717, 1.165) is 12.5 Å². The predicted octanol–water partition coefficient (Wildman–Crippen LogP) is 1.65. The number of hydrogen-bond acceptors (Lipinski definition) is 3. The minimum absolute atomic E-state index is 0.667. The normalized spacial score (nSPS) is 27.7. The summed E-state index contributed by atoms with van der Waals surface area (Å²) in [4.78, 5) is 4.93. The zero-order valence-corrected chi connectivity index (χ0v) is 12.4. The molecule has 17 heavy (non-hydrogen) atoms. The lowest BCUT2D eigenvalue weighted by Crippen LogP contribution is -2.45. The number of piperidine rings is 1. The van der Waals surface area contributed by atoms with Crippen LogP contribution in [-0.2, 0) is 0 Å². The van der Waals surface area contributed by atoms with Gasteiger partial charge in [-0.25, -0.2) is 0 Å². The van der Waals surface area contributed by atoms with Crippen molar-refractivity contribution in [2.24, 2.45) is 5.92 Å². The maximum atomic E-state index is 3.54. The van der Waals surface area contributed by atoms with Crippen LogP contribution in [0.2, 0.25) is 0 Å². The Kier molecular flexibility index (Phi) is 6.45. The van der Waals surface area contributed by atoms with E-state index in [1.54, 1.807) is 0 Å². The minimum Gasteiger partial charge on any atom is -0.314 e. The molecule has 1 aliphatic rings. The Labute approximate surface area is 108 Å². The first-order valence-corrected chi connectivity index (χ1v) is 7.15. The van der Waals surface area contributed by atoms with Crippen molar-refractivity contribution in [2.75, 3.05) is 40.3 Å². The summed E-state index contributed by atoms with van der Waals surface area (Å²) in [6.07, 6.45) is 2.68. The third kappa shape index (κ3) is 5.36. The predicted molar refractivity (Wildman–Crippen MR) is 75.5 cm³/mol. The number of likely N-dealkylation sites (N-methyl/N-ethyl adjacent to an activating group) is 2. The Morgan fingerprint density at radius 3 is 2.59 bits per heavy atom. The quantitative estimate of drug-likeness (QED) is 0.763. The second kappa shape index (κ2) is 7.34. The van der Waals surface area contributed by atoms with Crippen molar-refractivity contribution in [3.05, 3.63) is 0 Å². The second-order valence-electron chi connectivity index (χ2n) is 5.94. The first kappa shape index (κ1) is 14.9.